The molecule has 0 fully saturated rings. The molecule has 3 nitrogen and oxygen atoms in total. The van der Waals surface area contributed by atoms with Crippen molar-refractivity contribution >= 4 is 11.8 Å². The largest absolute Gasteiger partial charge is 0.231 e. The van der Waals surface area contributed by atoms with Crippen molar-refractivity contribution in [2.24, 2.45) is 0 Å². The summed E-state index contributed by atoms with van der Waals surface area (Å²) < 4.78 is 0. The summed E-state index contributed by atoms with van der Waals surface area (Å²) in [5.41, 5.74) is 0. The molecule has 0 bridgehead atoms. The molecule has 1 rings (SSSR count). The van der Waals surface area contributed by atoms with Crippen molar-refractivity contribution in [1.82, 2.24) is 9.97 Å². The number of hydrogen-bond acceptors (Lipinski definition) is 3. The molecule has 0 aliphatic rings. The van der Waals surface area contributed by atoms with Gasteiger partial charge in [-0.2, -0.15) is 0 Å². The molecule has 0 saturated heterocycles. The lowest BCUT2D eigenvalue weighted by Gasteiger charge is -1.89. The van der Waals surface area contributed by atoms with Crippen LogP contribution in [0.25, 0.3) is 0 Å². The molecule has 0 aliphatic carbocycles. The molecule has 1 aromatic heterocycles. The van der Waals surface area contributed by atoms with E-state index >= 15 is 0 Å². The van der Waals surface area contributed by atoms with E-state index in [1.54, 1.807) is 18.5 Å². The van der Waals surface area contributed by atoms with E-state index in [2.05, 4.69) is 9.97 Å². The minimum atomic E-state index is -0.218. The first kappa shape index (κ1) is 6.51. The van der Waals surface area contributed by atoms with Crippen molar-refractivity contribution < 1.29 is 5.11 Å². The van der Waals surface area contributed by atoms with E-state index in [0.717, 1.165) is 11.8 Å². The molecule has 9 heavy (non-hydrogen) atoms. The minimum Gasteiger partial charge on any atom is -0.231 e. The van der Waals surface area contributed by atoms with Crippen LogP contribution in [0, 0.1) is 0 Å². The average Bonchev–Trinajstić information content (AvgIpc) is 1.91. The van der Waals surface area contributed by atoms with Gasteiger partial charge in [0.15, 0.2) is 5.16 Å². The lowest BCUT2D eigenvalue weighted by atomic mass is 10.7. The van der Waals surface area contributed by atoms with Gasteiger partial charge in [0.1, 0.15) is 5.94 Å². The Morgan fingerprint density at radius 1 is 1.44 bits per heavy atom. The van der Waals surface area contributed by atoms with Crippen molar-refractivity contribution in [2.75, 3.05) is 5.94 Å². The summed E-state index contributed by atoms with van der Waals surface area (Å²) in [5.74, 6) is -0.218. The zero-order valence-corrected chi connectivity index (χ0v) is 5.47. The summed E-state index contributed by atoms with van der Waals surface area (Å²) in [6.45, 7) is 0. The van der Waals surface area contributed by atoms with Crippen molar-refractivity contribution in [3.05, 3.63) is 18.5 Å². The first-order valence-corrected chi connectivity index (χ1v) is 3.40. The Labute approximate surface area is 57.2 Å². The minimum absolute atomic E-state index is 0.218. The van der Waals surface area contributed by atoms with Crippen molar-refractivity contribution in [3.63, 3.8) is 0 Å². The van der Waals surface area contributed by atoms with Gasteiger partial charge in [0.05, 0.1) is 0 Å². The van der Waals surface area contributed by atoms with E-state index in [1.807, 2.05) is 0 Å². The molecule has 0 amide bonds. The van der Waals surface area contributed by atoms with Gasteiger partial charge in [0.25, 0.3) is 0 Å². The molecule has 0 atom stereocenters. The predicted octanol–water partition coefficient (Wildman–Crippen LogP) is 0.957. The van der Waals surface area contributed by atoms with Crippen LogP contribution in [0.4, 0.5) is 0 Å². The Bertz CT molecular complexity index is 168. The molecular formula is C5H5N2OS. The summed E-state index contributed by atoms with van der Waals surface area (Å²) in [6.07, 6.45) is 3.23. The Morgan fingerprint density at radius 2 is 2.11 bits per heavy atom. The Morgan fingerprint density at radius 3 is 2.67 bits per heavy atom. The molecule has 0 unspecified atom stereocenters. The number of aromatic nitrogens is 2. The van der Waals surface area contributed by atoms with E-state index in [-0.39, 0.29) is 5.94 Å². The molecule has 0 N–H and O–H groups in total. The summed E-state index contributed by atoms with van der Waals surface area (Å²) in [7, 11) is 0. The second-order valence-corrected chi connectivity index (χ2v) is 2.18. The molecular weight excluding hydrogens is 136 g/mol. The van der Waals surface area contributed by atoms with Crippen LogP contribution in [0.15, 0.2) is 23.6 Å². The molecule has 1 heterocycles. The highest BCUT2D eigenvalue weighted by Gasteiger charge is 1.90. The zero-order valence-electron chi connectivity index (χ0n) is 4.65. The van der Waals surface area contributed by atoms with E-state index in [9.17, 15) is 5.11 Å². The number of rotatable bonds is 2. The number of nitrogens with zero attached hydrogens (tertiary/aromatic N) is 2. The number of hydrogen-bond donors (Lipinski definition) is 0. The molecule has 1 radical (unpaired) electrons. The van der Waals surface area contributed by atoms with Crippen LogP contribution in [0.2, 0.25) is 0 Å². The normalized spacial score (nSPS) is 9.44. The fourth-order valence-corrected chi connectivity index (χ4v) is 0.789. The third-order valence-corrected chi connectivity index (χ3v) is 1.32. The number of thioether (sulfide) groups is 1. The monoisotopic (exact) mass is 141 g/mol. The van der Waals surface area contributed by atoms with Crippen LogP contribution >= 0.6 is 11.8 Å². The van der Waals surface area contributed by atoms with Crippen molar-refractivity contribution in [2.45, 2.75) is 5.16 Å². The lowest BCUT2D eigenvalue weighted by molar-refractivity contribution is 0.260. The average molecular weight is 141 g/mol. The van der Waals surface area contributed by atoms with Gasteiger partial charge in [-0.25, -0.2) is 15.1 Å². The van der Waals surface area contributed by atoms with Gasteiger partial charge >= 0.3 is 0 Å². The second-order valence-electron chi connectivity index (χ2n) is 1.29. The van der Waals surface area contributed by atoms with Crippen molar-refractivity contribution in [3.8, 4) is 0 Å². The van der Waals surface area contributed by atoms with Crippen LogP contribution in [0.5, 0.6) is 0 Å². The van der Waals surface area contributed by atoms with Crippen molar-refractivity contribution in [1.29, 1.82) is 0 Å². The third kappa shape index (κ3) is 1.99. The van der Waals surface area contributed by atoms with E-state index < -0.39 is 0 Å². The quantitative estimate of drug-likeness (QED) is 0.350. The van der Waals surface area contributed by atoms with Gasteiger partial charge in [-0.3, -0.25) is 0 Å². The fraction of sp³-hybridized carbons (Fsp3) is 0.200. The highest BCUT2D eigenvalue weighted by Crippen LogP contribution is 2.07. The summed E-state index contributed by atoms with van der Waals surface area (Å²) >= 11 is 1.10. The Kier molecular flexibility index (Phi) is 2.48. The molecule has 0 aliphatic heterocycles. The van der Waals surface area contributed by atoms with Gasteiger partial charge in [-0.1, -0.05) is 11.8 Å². The maximum atomic E-state index is 9.98. The Hall–Kier alpha value is -0.610. The molecule has 1 aromatic rings. The van der Waals surface area contributed by atoms with Gasteiger partial charge in [-0.05, 0) is 6.07 Å². The second kappa shape index (κ2) is 3.42. The molecule has 47 valence electrons. The standard InChI is InChI=1S/C5H5N2OS/c8-4-9-5-6-2-1-3-7-5/h1-3H,4H2. The predicted molar refractivity (Wildman–Crippen MR) is 33.4 cm³/mol. The zero-order chi connectivity index (χ0) is 6.53. The van der Waals surface area contributed by atoms with Crippen LogP contribution in [-0.4, -0.2) is 15.9 Å². The van der Waals surface area contributed by atoms with Crippen LogP contribution in [0.3, 0.4) is 0 Å². The van der Waals surface area contributed by atoms with E-state index in [1.165, 1.54) is 0 Å². The third-order valence-electron chi connectivity index (χ3n) is 0.730. The molecule has 4 heteroatoms. The highest BCUT2D eigenvalue weighted by molar-refractivity contribution is 7.98. The van der Waals surface area contributed by atoms with Crippen LogP contribution < -0.4 is 0 Å². The van der Waals surface area contributed by atoms with Gasteiger partial charge in [-0.15, -0.1) is 0 Å². The first-order chi connectivity index (χ1) is 4.43. The lowest BCUT2D eigenvalue weighted by Crippen LogP contribution is -1.82. The molecule has 0 aromatic carbocycles. The molecule has 0 saturated carbocycles. The van der Waals surface area contributed by atoms with Crippen LogP contribution in [-0.2, 0) is 5.11 Å². The van der Waals surface area contributed by atoms with Gasteiger partial charge in [0.2, 0.25) is 0 Å². The van der Waals surface area contributed by atoms with Gasteiger partial charge in [0, 0.05) is 12.4 Å². The van der Waals surface area contributed by atoms with E-state index in [0.29, 0.717) is 5.16 Å². The highest BCUT2D eigenvalue weighted by atomic mass is 32.2. The van der Waals surface area contributed by atoms with Gasteiger partial charge < -0.3 is 0 Å². The van der Waals surface area contributed by atoms with E-state index in [4.69, 9.17) is 0 Å². The Balaban J connectivity index is 2.61. The summed E-state index contributed by atoms with van der Waals surface area (Å²) in [5, 5.41) is 10.5. The van der Waals surface area contributed by atoms with Crippen LogP contribution in [0.1, 0.15) is 0 Å². The molecule has 0 spiro atoms. The fourth-order valence-electron chi connectivity index (χ4n) is 0.413. The maximum absolute atomic E-state index is 9.98. The maximum Gasteiger partial charge on any atom is 0.189 e. The topological polar surface area (TPSA) is 45.7 Å². The summed E-state index contributed by atoms with van der Waals surface area (Å²) in [4.78, 5) is 7.64. The smallest absolute Gasteiger partial charge is 0.189 e. The SMILES string of the molecule is [O]CSc1ncccn1. The first-order valence-electron chi connectivity index (χ1n) is 2.41. The summed E-state index contributed by atoms with van der Waals surface area (Å²) in [6, 6.07) is 1.72.